The molecule has 0 radical (unpaired) electrons. The Bertz CT molecular complexity index is 409. The van der Waals surface area contributed by atoms with E-state index in [1.54, 1.807) is 36.3 Å². The summed E-state index contributed by atoms with van der Waals surface area (Å²) in [5.41, 5.74) is 1.32. The van der Waals surface area contributed by atoms with Crippen molar-refractivity contribution in [2.45, 2.75) is 0 Å². The number of rotatable bonds is 6. The highest BCUT2D eigenvalue weighted by molar-refractivity contribution is 5.73. The number of carboxylic acid groups (broad SMARTS) is 1. The third-order valence-corrected chi connectivity index (χ3v) is 2.25. The Labute approximate surface area is 99.8 Å². The average Bonchev–Trinajstić information content (AvgIpc) is 2.34. The van der Waals surface area contributed by atoms with Crippen LogP contribution in [0.25, 0.3) is 0 Å². The van der Waals surface area contributed by atoms with Crippen LogP contribution >= 0.6 is 0 Å². The van der Waals surface area contributed by atoms with Crippen molar-refractivity contribution in [2.24, 2.45) is 0 Å². The van der Waals surface area contributed by atoms with E-state index in [1.807, 2.05) is 6.07 Å². The van der Waals surface area contributed by atoms with Crippen molar-refractivity contribution in [1.82, 2.24) is 0 Å². The molecule has 90 valence electrons. The van der Waals surface area contributed by atoms with Gasteiger partial charge in [-0.1, -0.05) is 0 Å². The largest absolute Gasteiger partial charge is 0.480 e. The Kier molecular flexibility index (Phi) is 4.98. The summed E-state index contributed by atoms with van der Waals surface area (Å²) >= 11 is 0. The van der Waals surface area contributed by atoms with E-state index in [9.17, 15) is 4.79 Å². The Balaban J connectivity index is 2.80. The number of nitriles is 1. The van der Waals surface area contributed by atoms with Crippen LogP contribution in [0, 0.1) is 11.3 Å². The second-order valence-corrected chi connectivity index (χ2v) is 3.47. The number of carboxylic acids is 1. The predicted octanol–water partition coefficient (Wildman–Crippen LogP) is 1.10. The zero-order chi connectivity index (χ0) is 12.7. The van der Waals surface area contributed by atoms with Gasteiger partial charge in [0, 0.05) is 19.3 Å². The maximum Gasteiger partial charge on any atom is 0.323 e. The van der Waals surface area contributed by atoms with Gasteiger partial charge in [0.15, 0.2) is 0 Å². The normalized spacial score (nSPS) is 9.65. The smallest absolute Gasteiger partial charge is 0.323 e. The molecule has 0 saturated carbocycles. The predicted molar refractivity (Wildman–Crippen MR) is 62.9 cm³/mol. The van der Waals surface area contributed by atoms with Crippen LogP contribution in [-0.2, 0) is 9.53 Å². The zero-order valence-electron chi connectivity index (χ0n) is 9.59. The van der Waals surface area contributed by atoms with Gasteiger partial charge in [0.1, 0.15) is 6.54 Å². The van der Waals surface area contributed by atoms with Crippen LogP contribution in [0.15, 0.2) is 24.3 Å². The molecule has 17 heavy (non-hydrogen) atoms. The minimum atomic E-state index is -0.898. The Morgan fingerprint density at radius 3 is 2.59 bits per heavy atom. The summed E-state index contributed by atoms with van der Waals surface area (Å²) in [6, 6.07) is 8.81. The van der Waals surface area contributed by atoms with Crippen molar-refractivity contribution in [3.05, 3.63) is 29.8 Å². The molecule has 5 heteroatoms. The van der Waals surface area contributed by atoms with Gasteiger partial charge in [0.25, 0.3) is 0 Å². The van der Waals surface area contributed by atoms with Crippen molar-refractivity contribution in [2.75, 3.05) is 31.7 Å². The average molecular weight is 234 g/mol. The molecule has 0 bridgehead atoms. The van der Waals surface area contributed by atoms with Gasteiger partial charge in [-0.2, -0.15) is 5.26 Å². The lowest BCUT2D eigenvalue weighted by molar-refractivity contribution is -0.135. The number of anilines is 1. The molecule has 0 aromatic heterocycles. The molecule has 1 aromatic rings. The number of benzene rings is 1. The quantitative estimate of drug-likeness (QED) is 0.797. The Hall–Kier alpha value is -2.06. The number of ether oxygens (including phenoxy) is 1. The molecular weight excluding hydrogens is 220 g/mol. The van der Waals surface area contributed by atoms with Gasteiger partial charge in [-0.3, -0.25) is 4.79 Å². The highest BCUT2D eigenvalue weighted by Crippen LogP contribution is 2.14. The number of aliphatic carboxylic acids is 1. The summed E-state index contributed by atoms with van der Waals surface area (Å²) in [5.74, 6) is -0.898. The van der Waals surface area contributed by atoms with Gasteiger partial charge >= 0.3 is 5.97 Å². The van der Waals surface area contributed by atoms with Crippen LogP contribution in [-0.4, -0.2) is 37.9 Å². The van der Waals surface area contributed by atoms with E-state index in [1.165, 1.54) is 0 Å². The highest BCUT2D eigenvalue weighted by atomic mass is 16.5. The lowest BCUT2D eigenvalue weighted by Crippen LogP contribution is -2.32. The van der Waals surface area contributed by atoms with E-state index in [2.05, 4.69) is 0 Å². The first-order valence-corrected chi connectivity index (χ1v) is 5.13. The zero-order valence-corrected chi connectivity index (χ0v) is 9.59. The Morgan fingerprint density at radius 1 is 1.47 bits per heavy atom. The molecule has 0 aliphatic carbocycles. The SMILES string of the molecule is COCCN(CC(=O)O)c1ccc(C#N)cc1. The monoisotopic (exact) mass is 234 g/mol. The molecule has 0 saturated heterocycles. The summed E-state index contributed by atoms with van der Waals surface area (Å²) in [6.07, 6.45) is 0. The first kappa shape index (κ1) is 13.0. The van der Waals surface area contributed by atoms with Crippen molar-refractivity contribution in [3.8, 4) is 6.07 Å². The molecular formula is C12H14N2O3. The summed E-state index contributed by atoms with van der Waals surface area (Å²) in [4.78, 5) is 12.4. The van der Waals surface area contributed by atoms with E-state index < -0.39 is 5.97 Å². The number of hydrogen-bond donors (Lipinski definition) is 1. The van der Waals surface area contributed by atoms with Gasteiger partial charge in [-0.05, 0) is 24.3 Å². The first-order valence-electron chi connectivity index (χ1n) is 5.13. The number of methoxy groups -OCH3 is 1. The van der Waals surface area contributed by atoms with E-state index in [0.29, 0.717) is 18.7 Å². The fourth-order valence-electron chi connectivity index (χ4n) is 1.41. The lowest BCUT2D eigenvalue weighted by atomic mass is 10.2. The fraction of sp³-hybridized carbons (Fsp3) is 0.333. The molecule has 1 aromatic carbocycles. The van der Waals surface area contributed by atoms with E-state index in [-0.39, 0.29) is 6.54 Å². The molecule has 0 amide bonds. The lowest BCUT2D eigenvalue weighted by Gasteiger charge is -2.22. The van der Waals surface area contributed by atoms with Gasteiger partial charge in [0.05, 0.1) is 18.2 Å². The van der Waals surface area contributed by atoms with Crippen molar-refractivity contribution < 1.29 is 14.6 Å². The standard InChI is InChI=1S/C12H14N2O3/c1-17-7-6-14(9-12(15)16)11-4-2-10(8-13)3-5-11/h2-5H,6-7,9H2,1H3,(H,15,16). The van der Waals surface area contributed by atoms with Crippen LogP contribution in [0.2, 0.25) is 0 Å². The van der Waals surface area contributed by atoms with Gasteiger partial charge in [-0.25, -0.2) is 0 Å². The van der Waals surface area contributed by atoms with Crippen LogP contribution in [0.1, 0.15) is 5.56 Å². The van der Waals surface area contributed by atoms with Gasteiger partial charge < -0.3 is 14.7 Å². The molecule has 1 N–H and O–H groups in total. The van der Waals surface area contributed by atoms with E-state index in [4.69, 9.17) is 15.1 Å². The minimum absolute atomic E-state index is 0.0880. The number of hydrogen-bond acceptors (Lipinski definition) is 4. The Morgan fingerprint density at radius 2 is 2.12 bits per heavy atom. The summed E-state index contributed by atoms with van der Waals surface area (Å²) in [6.45, 7) is 0.858. The number of carbonyl (C=O) groups is 1. The van der Waals surface area contributed by atoms with Gasteiger partial charge in [0.2, 0.25) is 0 Å². The molecule has 5 nitrogen and oxygen atoms in total. The third-order valence-electron chi connectivity index (χ3n) is 2.25. The molecule has 0 fully saturated rings. The maximum absolute atomic E-state index is 10.7. The molecule has 0 aliphatic heterocycles. The van der Waals surface area contributed by atoms with Crippen LogP contribution in [0.3, 0.4) is 0 Å². The molecule has 1 rings (SSSR count). The first-order chi connectivity index (χ1) is 8.17. The van der Waals surface area contributed by atoms with E-state index in [0.717, 1.165) is 5.69 Å². The molecule has 0 spiro atoms. The van der Waals surface area contributed by atoms with Crippen molar-refractivity contribution in [1.29, 1.82) is 5.26 Å². The van der Waals surface area contributed by atoms with Crippen LogP contribution in [0.5, 0.6) is 0 Å². The van der Waals surface area contributed by atoms with Crippen molar-refractivity contribution in [3.63, 3.8) is 0 Å². The molecule has 0 aliphatic rings. The van der Waals surface area contributed by atoms with Crippen molar-refractivity contribution >= 4 is 11.7 Å². The second-order valence-electron chi connectivity index (χ2n) is 3.47. The molecule has 0 unspecified atom stereocenters. The van der Waals surface area contributed by atoms with Gasteiger partial charge in [-0.15, -0.1) is 0 Å². The minimum Gasteiger partial charge on any atom is -0.480 e. The fourth-order valence-corrected chi connectivity index (χ4v) is 1.41. The highest BCUT2D eigenvalue weighted by Gasteiger charge is 2.10. The number of nitrogens with zero attached hydrogens (tertiary/aromatic N) is 2. The molecule has 0 atom stereocenters. The van der Waals surface area contributed by atoms with Crippen LogP contribution < -0.4 is 4.90 Å². The van der Waals surface area contributed by atoms with Crippen LogP contribution in [0.4, 0.5) is 5.69 Å². The van der Waals surface area contributed by atoms with E-state index >= 15 is 0 Å². The molecule has 0 heterocycles. The topological polar surface area (TPSA) is 73.6 Å². The summed E-state index contributed by atoms with van der Waals surface area (Å²) < 4.78 is 4.93. The summed E-state index contributed by atoms with van der Waals surface area (Å²) in [5, 5.41) is 17.5. The maximum atomic E-state index is 10.7. The second kappa shape index (κ2) is 6.51. The third kappa shape index (κ3) is 4.13. The summed E-state index contributed by atoms with van der Waals surface area (Å²) in [7, 11) is 1.57.